The number of rotatable bonds is 7. The van der Waals surface area contributed by atoms with Gasteiger partial charge in [-0.25, -0.2) is 9.59 Å². The Hall–Kier alpha value is -2.84. The molecule has 26 heavy (non-hydrogen) atoms. The van der Waals surface area contributed by atoms with E-state index in [2.05, 4.69) is 14.8 Å². The summed E-state index contributed by atoms with van der Waals surface area (Å²) in [5.74, 6) is -1.92. The highest BCUT2D eigenvalue weighted by atomic mass is 19.4. The van der Waals surface area contributed by atoms with Crippen LogP contribution in [0.25, 0.3) is 0 Å². The molecule has 142 valence electrons. The van der Waals surface area contributed by atoms with Gasteiger partial charge in [0.2, 0.25) is 5.91 Å². The highest BCUT2D eigenvalue weighted by molar-refractivity contribution is 5.86. The minimum Gasteiger partial charge on any atom is -0.467 e. The summed E-state index contributed by atoms with van der Waals surface area (Å²) in [5.41, 5.74) is -0.466. The highest BCUT2D eigenvalue weighted by Gasteiger charge is 2.30. The summed E-state index contributed by atoms with van der Waals surface area (Å²) in [7, 11) is 2.33. The van der Waals surface area contributed by atoms with Crippen molar-refractivity contribution in [2.75, 3.05) is 14.2 Å². The quantitative estimate of drug-likeness (QED) is 0.584. The van der Waals surface area contributed by atoms with Gasteiger partial charge in [0, 0.05) is 6.08 Å². The summed E-state index contributed by atoms with van der Waals surface area (Å²) in [4.78, 5) is 34.7. The van der Waals surface area contributed by atoms with E-state index in [0.29, 0.717) is 5.56 Å². The van der Waals surface area contributed by atoms with Crippen LogP contribution >= 0.6 is 0 Å². The lowest BCUT2D eigenvalue weighted by molar-refractivity contribution is -0.145. The Labute approximate surface area is 148 Å². The van der Waals surface area contributed by atoms with Crippen LogP contribution in [0.15, 0.2) is 36.4 Å². The second-order valence-electron chi connectivity index (χ2n) is 5.18. The molecule has 1 atom stereocenters. The van der Waals surface area contributed by atoms with Crippen LogP contribution in [0.2, 0.25) is 0 Å². The smallest absolute Gasteiger partial charge is 0.416 e. The number of alkyl halides is 3. The maximum absolute atomic E-state index is 12.5. The first-order valence-electron chi connectivity index (χ1n) is 7.45. The molecule has 0 spiro atoms. The molecule has 0 saturated carbocycles. The van der Waals surface area contributed by atoms with Crippen LogP contribution in [0.4, 0.5) is 13.2 Å². The lowest BCUT2D eigenvalue weighted by atomic mass is 10.1. The van der Waals surface area contributed by atoms with Gasteiger partial charge < -0.3 is 14.8 Å². The lowest BCUT2D eigenvalue weighted by Gasteiger charge is -2.15. The van der Waals surface area contributed by atoms with E-state index in [1.165, 1.54) is 25.3 Å². The van der Waals surface area contributed by atoms with E-state index in [1.54, 1.807) is 0 Å². The monoisotopic (exact) mass is 373 g/mol. The second kappa shape index (κ2) is 9.59. The molecule has 1 N–H and O–H groups in total. The molecule has 0 saturated heterocycles. The predicted octanol–water partition coefficient (Wildman–Crippen LogP) is 2.02. The molecule has 9 heteroatoms. The molecule has 1 aromatic rings. The Morgan fingerprint density at radius 1 is 1.12 bits per heavy atom. The van der Waals surface area contributed by atoms with E-state index in [1.807, 2.05) is 0 Å². The number of hydrogen-bond donors (Lipinski definition) is 1. The molecule has 0 aliphatic heterocycles. The fraction of sp³-hybridized carbons (Fsp3) is 0.353. The topological polar surface area (TPSA) is 81.7 Å². The van der Waals surface area contributed by atoms with Crippen LogP contribution in [0, 0.1) is 0 Å². The number of carbonyl (C=O) groups is 3. The third-order valence-electron chi connectivity index (χ3n) is 3.29. The first-order chi connectivity index (χ1) is 12.2. The Morgan fingerprint density at radius 2 is 1.73 bits per heavy atom. The summed E-state index contributed by atoms with van der Waals surface area (Å²) in [6.07, 6.45) is -2.25. The van der Waals surface area contributed by atoms with E-state index in [0.717, 1.165) is 25.3 Å². The predicted molar refractivity (Wildman–Crippen MR) is 84.9 cm³/mol. The molecule has 0 radical (unpaired) electrons. The van der Waals surface area contributed by atoms with Crippen molar-refractivity contribution >= 4 is 17.8 Å². The van der Waals surface area contributed by atoms with Crippen LogP contribution in [-0.2, 0) is 36.5 Å². The van der Waals surface area contributed by atoms with Crippen LogP contribution in [0.1, 0.15) is 17.5 Å². The molecular weight excluding hydrogens is 355 g/mol. The van der Waals surface area contributed by atoms with Crippen molar-refractivity contribution in [3.8, 4) is 0 Å². The van der Waals surface area contributed by atoms with Crippen molar-refractivity contribution in [2.45, 2.75) is 25.1 Å². The lowest BCUT2D eigenvalue weighted by Crippen LogP contribution is -2.41. The average molecular weight is 373 g/mol. The minimum absolute atomic E-state index is 0.0134. The van der Waals surface area contributed by atoms with Crippen LogP contribution < -0.4 is 5.32 Å². The number of ether oxygens (including phenoxy) is 2. The fourth-order valence-corrected chi connectivity index (χ4v) is 1.97. The summed E-state index contributed by atoms with van der Waals surface area (Å²) in [6, 6.07) is 3.08. The van der Waals surface area contributed by atoms with Crippen molar-refractivity contribution < 1.29 is 37.0 Å². The van der Waals surface area contributed by atoms with Gasteiger partial charge in [0.15, 0.2) is 0 Å². The Morgan fingerprint density at radius 3 is 2.23 bits per heavy atom. The van der Waals surface area contributed by atoms with Gasteiger partial charge >= 0.3 is 18.1 Å². The Bertz CT molecular complexity index is 668. The van der Waals surface area contributed by atoms with E-state index in [9.17, 15) is 27.6 Å². The SMILES string of the molecule is COC(=O)/C=C/C[C@@H](NC(=O)Cc1ccc(C(F)(F)F)cc1)C(=O)OC. The largest absolute Gasteiger partial charge is 0.467 e. The number of nitrogens with one attached hydrogen (secondary N) is 1. The molecule has 0 heterocycles. The van der Waals surface area contributed by atoms with Crippen LogP contribution in [0.5, 0.6) is 0 Å². The van der Waals surface area contributed by atoms with Crippen molar-refractivity contribution in [2.24, 2.45) is 0 Å². The zero-order valence-corrected chi connectivity index (χ0v) is 14.1. The Balaban J connectivity index is 2.70. The number of esters is 2. The maximum Gasteiger partial charge on any atom is 0.416 e. The normalized spacial score (nSPS) is 12.5. The third kappa shape index (κ3) is 6.96. The van der Waals surface area contributed by atoms with Crippen molar-refractivity contribution in [3.63, 3.8) is 0 Å². The molecule has 0 aliphatic rings. The van der Waals surface area contributed by atoms with Crippen molar-refractivity contribution in [1.29, 1.82) is 0 Å². The van der Waals surface area contributed by atoms with Gasteiger partial charge in [-0.05, 0) is 24.1 Å². The standard InChI is InChI=1S/C17H18F3NO5/c1-25-15(23)5-3-4-13(16(24)26-2)21-14(22)10-11-6-8-12(9-7-11)17(18,19)20/h3,5-9,13H,4,10H2,1-2H3,(H,21,22)/b5-3+/t13-/m1/s1. The number of carbonyl (C=O) groups excluding carboxylic acids is 3. The summed E-state index contributed by atoms with van der Waals surface area (Å²) in [6.45, 7) is 0. The minimum atomic E-state index is -4.46. The first kappa shape index (κ1) is 21.2. The number of benzene rings is 1. The maximum atomic E-state index is 12.5. The molecule has 1 rings (SSSR count). The van der Waals surface area contributed by atoms with Gasteiger partial charge in [0.25, 0.3) is 0 Å². The molecular formula is C17H18F3NO5. The van der Waals surface area contributed by atoms with Crippen LogP contribution in [-0.4, -0.2) is 38.1 Å². The van der Waals surface area contributed by atoms with Gasteiger partial charge in [-0.15, -0.1) is 0 Å². The van der Waals surface area contributed by atoms with E-state index in [4.69, 9.17) is 0 Å². The number of amides is 1. The zero-order valence-electron chi connectivity index (χ0n) is 14.1. The van der Waals surface area contributed by atoms with E-state index >= 15 is 0 Å². The Kier molecular flexibility index (Phi) is 7.82. The molecule has 0 fully saturated rings. The zero-order chi connectivity index (χ0) is 19.7. The van der Waals surface area contributed by atoms with Crippen molar-refractivity contribution in [1.82, 2.24) is 5.32 Å². The van der Waals surface area contributed by atoms with Gasteiger partial charge in [0.05, 0.1) is 26.2 Å². The van der Waals surface area contributed by atoms with Crippen LogP contribution in [0.3, 0.4) is 0 Å². The second-order valence-corrected chi connectivity index (χ2v) is 5.18. The first-order valence-corrected chi connectivity index (χ1v) is 7.45. The number of halogens is 3. The molecule has 1 amide bonds. The molecule has 0 aliphatic carbocycles. The number of hydrogen-bond acceptors (Lipinski definition) is 5. The number of methoxy groups -OCH3 is 2. The third-order valence-corrected chi connectivity index (χ3v) is 3.29. The van der Waals surface area contributed by atoms with Gasteiger partial charge in [0.1, 0.15) is 6.04 Å². The fourth-order valence-electron chi connectivity index (χ4n) is 1.97. The van der Waals surface area contributed by atoms with E-state index < -0.39 is 35.6 Å². The van der Waals surface area contributed by atoms with Gasteiger partial charge in [-0.1, -0.05) is 18.2 Å². The molecule has 0 unspecified atom stereocenters. The molecule has 6 nitrogen and oxygen atoms in total. The van der Waals surface area contributed by atoms with Crippen molar-refractivity contribution in [3.05, 3.63) is 47.5 Å². The van der Waals surface area contributed by atoms with E-state index in [-0.39, 0.29) is 12.8 Å². The average Bonchev–Trinajstić information content (AvgIpc) is 2.59. The highest BCUT2D eigenvalue weighted by Crippen LogP contribution is 2.29. The molecule has 0 aromatic heterocycles. The van der Waals surface area contributed by atoms with Gasteiger partial charge in [-0.3, -0.25) is 4.79 Å². The summed E-state index contributed by atoms with van der Waals surface area (Å²) in [5, 5.41) is 2.41. The summed E-state index contributed by atoms with van der Waals surface area (Å²) < 4.78 is 46.5. The molecule has 1 aromatic carbocycles. The van der Waals surface area contributed by atoms with Gasteiger partial charge in [-0.2, -0.15) is 13.2 Å². The molecule has 0 bridgehead atoms. The summed E-state index contributed by atoms with van der Waals surface area (Å²) >= 11 is 0.